The fourth-order valence-corrected chi connectivity index (χ4v) is 4.57. The predicted molar refractivity (Wildman–Crippen MR) is 112 cm³/mol. The zero-order chi connectivity index (χ0) is 21.6. The first-order chi connectivity index (χ1) is 14.2. The Balaban J connectivity index is 1.71. The summed E-state index contributed by atoms with van der Waals surface area (Å²) in [6, 6.07) is 5.97. The van der Waals surface area contributed by atoms with Crippen LogP contribution >= 0.6 is 34.5 Å². The summed E-state index contributed by atoms with van der Waals surface area (Å²) in [5.41, 5.74) is 0.752. The summed E-state index contributed by atoms with van der Waals surface area (Å²) >= 11 is 13.7. The highest BCUT2D eigenvalue weighted by Crippen LogP contribution is 2.46. The molecule has 0 fully saturated rings. The van der Waals surface area contributed by atoms with Gasteiger partial charge in [-0.3, -0.25) is 4.79 Å². The Morgan fingerprint density at radius 2 is 2.07 bits per heavy atom. The zero-order valence-corrected chi connectivity index (χ0v) is 17.8. The van der Waals surface area contributed by atoms with Crippen LogP contribution in [0.5, 0.6) is 0 Å². The Kier molecular flexibility index (Phi) is 5.46. The average molecular weight is 475 g/mol. The van der Waals surface area contributed by atoms with Crippen molar-refractivity contribution in [2.24, 2.45) is 0 Å². The van der Waals surface area contributed by atoms with Crippen LogP contribution in [-0.4, -0.2) is 21.9 Å². The molecule has 1 aliphatic rings. The van der Waals surface area contributed by atoms with Crippen LogP contribution in [-0.2, 0) is 0 Å². The topological polar surface area (TPSA) is 59.0 Å². The molecule has 11 heteroatoms. The maximum Gasteiger partial charge on any atom is 0.410 e. The van der Waals surface area contributed by atoms with E-state index in [1.54, 1.807) is 42.6 Å². The number of hydrogen-bond acceptors (Lipinski definition) is 4. The number of fused-ring (bicyclic) bond motifs is 1. The minimum Gasteiger partial charge on any atom is -0.361 e. The molecule has 5 nitrogen and oxygen atoms in total. The van der Waals surface area contributed by atoms with Gasteiger partial charge in [0.1, 0.15) is 10.8 Å². The van der Waals surface area contributed by atoms with Gasteiger partial charge in [-0.25, -0.2) is 4.68 Å². The Bertz CT molecular complexity index is 1100. The second-order valence-corrected chi connectivity index (χ2v) is 8.59. The van der Waals surface area contributed by atoms with Crippen LogP contribution in [0, 0.1) is 6.92 Å². The number of aromatic nitrogens is 2. The van der Waals surface area contributed by atoms with E-state index in [4.69, 9.17) is 23.2 Å². The molecular formula is C19H15Cl2F3N4OS. The van der Waals surface area contributed by atoms with Gasteiger partial charge in [-0.05, 0) is 36.1 Å². The third-order valence-electron chi connectivity index (χ3n) is 4.91. The van der Waals surface area contributed by atoms with Gasteiger partial charge in [-0.15, -0.1) is 11.3 Å². The van der Waals surface area contributed by atoms with Crippen molar-refractivity contribution in [3.05, 3.63) is 61.9 Å². The Labute approximate surface area is 183 Å². The first kappa shape index (κ1) is 21.0. The van der Waals surface area contributed by atoms with E-state index in [1.165, 1.54) is 11.3 Å². The van der Waals surface area contributed by atoms with Gasteiger partial charge in [0.25, 0.3) is 5.91 Å². The molecule has 1 aliphatic heterocycles. The van der Waals surface area contributed by atoms with Crippen molar-refractivity contribution in [2.75, 3.05) is 10.6 Å². The van der Waals surface area contributed by atoms with Crippen molar-refractivity contribution in [2.45, 2.75) is 31.6 Å². The number of carbonyl (C=O) groups is 1. The quantitative estimate of drug-likeness (QED) is 0.457. The number of halogens is 5. The largest absolute Gasteiger partial charge is 0.410 e. The predicted octanol–water partition coefficient (Wildman–Crippen LogP) is 6.47. The zero-order valence-electron chi connectivity index (χ0n) is 15.4. The Morgan fingerprint density at radius 3 is 2.73 bits per heavy atom. The number of alkyl halides is 3. The lowest BCUT2D eigenvalue weighted by atomic mass is 10.0. The molecule has 0 aliphatic carbocycles. The first-order valence-electron chi connectivity index (χ1n) is 8.88. The van der Waals surface area contributed by atoms with E-state index in [0.29, 0.717) is 16.3 Å². The molecule has 2 atom stereocenters. The fourth-order valence-electron chi connectivity index (χ4n) is 3.34. The highest BCUT2D eigenvalue weighted by Gasteiger charge is 2.48. The summed E-state index contributed by atoms with van der Waals surface area (Å²) in [7, 11) is 0. The summed E-state index contributed by atoms with van der Waals surface area (Å²) in [6.45, 7) is 1.71. The molecule has 4 rings (SSSR count). The van der Waals surface area contributed by atoms with Crippen molar-refractivity contribution < 1.29 is 18.0 Å². The second-order valence-electron chi connectivity index (χ2n) is 6.83. The van der Waals surface area contributed by atoms with Gasteiger partial charge in [-0.2, -0.15) is 18.3 Å². The smallest absolute Gasteiger partial charge is 0.361 e. The number of benzene rings is 1. The van der Waals surface area contributed by atoms with Crippen LogP contribution in [0.4, 0.5) is 24.7 Å². The minimum atomic E-state index is -4.56. The number of hydrogen-bond donors (Lipinski definition) is 2. The van der Waals surface area contributed by atoms with Crippen molar-refractivity contribution in [3.8, 4) is 0 Å². The molecule has 1 amide bonds. The SMILES string of the molecule is Cc1c(Cl)cccc1NC(=O)c1nn2c(c1Cl)N[C@@H](c1cccs1)C[C@H]2C(F)(F)F. The number of rotatable bonds is 3. The number of anilines is 2. The lowest BCUT2D eigenvalue weighted by molar-refractivity contribution is -0.173. The maximum atomic E-state index is 13.8. The van der Waals surface area contributed by atoms with E-state index in [-0.39, 0.29) is 23.0 Å². The molecule has 1 aromatic carbocycles. The van der Waals surface area contributed by atoms with Crippen molar-refractivity contribution >= 4 is 52.0 Å². The summed E-state index contributed by atoms with van der Waals surface area (Å²) in [5.74, 6) is -0.751. The van der Waals surface area contributed by atoms with Gasteiger partial charge in [0, 0.05) is 22.0 Å². The summed E-state index contributed by atoms with van der Waals surface area (Å²) < 4.78 is 42.1. The molecule has 2 N–H and O–H groups in total. The van der Waals surface area contributed by atoms with E-state index in [9.17, 15) is 18.0 Å². The fraction of sp³-hybridized carbons (Fsp3) is 0.263. The molecule has 30 heavy (non-hydrogen) atoms. The number of thiophene rings is 1. The average Bonchev–Trinajstić information content (AvgIpc) is 3.32. The molecule has 3 heterocycles. The van der Waals surface area contributed by atoms with Crippen LogP contribution in [0.15, 0.2) is 35.7 Å². The first-order valence-corrected chi connectivity index (χ1v) is 10.5. The summed E-state index contributed by atoms with van der Waals surface area (Å²) in [4.78, 5) is 13.5. The van der Waals surface area contributed by atoms with Crippen molar-refractivity contribution in [1.82, 2.24) is 9.78 Å². The van der Waals surface area contributed by atoms with Gasteiger partial charge < -0.3 is 10.6 Å². The normalized spacial score (nSPS) is 18.6. The van der Waals surface area contributed by atoms with Crippen LogP contribution in [0.2, 0.25) is 10.0 Å². The lowest BCUT2D eigenvalue weighted by Crippen LogP contribution is -2.35. The molecule has 0 radical (unpaired) electrons. The standard InChI is InChI=1S/C19H15Cl2F3N4OS/c1-9-10(20)4-2-5-11(9)26-18(29)16-15(21)17-25-12(13-6-3-7-30-13)8-14(19(22,23)24)28(17)27-16/h2-7,12,14,25H,8H2,1H3,(H,26,29)/t12-,14+/m1/s1. The number of amides is 1. The van der Waals surface area contributed by atoms with Gasteiger partial charge in [0.2, 0.25) is 0 Å². The van der Waals surface area contributed by atoms with Crippen LogP contribution in [0.25, 0.3) is 0 Å². The van der Waals surface area contributed by atoms with Crippen LogP contribution in [0.3, 0.4) is 0 Å². The molecule has 0 bridgehead atoms. The molecule has 2 aromatic heterocycles. The highest BCUT2D eigenvalue weighted by molar-refractivity contribution is 7.10. The summed E-state index contributed by atoms with van der Waals surface area (Å²) in [6.07, 6.45) is -4.82. The maximum absolute atomic E-state index is 13.8. The highest BCUT2D eigenvalue weighted by atomic mass is 35.5. The van der Waals surface area contributed by atoms with Gasteiger partial charge in [0.15, 0.2) is 11.7 Å². The molecular weight excluding hydrogens is 460 g/mol. The minimum absolute atomic E-state index is 0.0309. The molecule has 158 valence electrons. The number of nitrogens with zero attached hydrogens (tertiary/aromatic N) is 2. The van der Waals surface area contributed by atoms with Crippen molar-refractivity contribution in [3.63, 3.8) is 0 Å². The second kappa shape index (κ2) is 7.79. The number of carbonyl (C=O) groups excluding carboxylic acids is 1. The van der Waals surface area contributed by atoms with Crippen LogP contribution < -0.4 is 10.6 Å². The molecule has 0 saturated heterocycles. The monoisotopic (exact) mass is 474 g/mol. The van der Waals surface area contributed by atoms with E-state index in [2.05, 4.69) is 15.7 Å². The Morgan fingerprint density at radius 1 is 1.30 bits per heavy atom. The molecule has 3 aromatic rings. The van der Waals surface area contributed by atoms with E-state index < -0.39 is 24.2 Å². The van der Waals surface area contributed by atoms with E-state index in [0.717, 1.165) is 9.56 Å². The molecule has 0 spiro atoms. The van der Waals surface area contributed by atoms with Crippen LogP contribution in [0.1, 0.15) is 39.4 Å². The van der Waals surface area contributed by atoms with Crippen molar-refractivity contribution in [1.29, 1.82) is 0 Å². The Hall–Kier alpha value is -2.23. The molecule has 0 saturated carbocycles. The van der Waals surface area contributed by atoms with Gasteiger partial charge in [-0.1, -0.05) is 35.3 Å². The van der Waals surface area contributed by atoms with Gasteiger partial charge >= 0.3 is 6.18 Å². The number of nitrogens with one attached hydrogen (secondary N) is 2. The third-order valence-corrected chi connectivity index (χ3v) is 6.67. The third kappa shape index (κ3) is 3.77. The van der Waals surface area contributed by atoms with Gasteiger partial charge in [0.05, 0.1) is 6.04 Å². The molecule has 0 unspecified atom stereocenters. The van der Waals surface area contributed by atoms with E-state index >= 15 is 0 Å². The van der Waals surface area contributed by atoms with E-state index in [1.807, 2.05) is 0 Å². The lowest BCUT2D eigenvalue weighted by Gasteiger charge is -2.32. The summed E-state index contributed by atoms with van der Waals surface area (Å²) in [5, 5.41) is 11.6.